The number of aryl methyl sites for hydroxylation is 1. The molecular weight excluding hydrogens is 327 g/mol. The first kappa shape index (κ1) is 16.4. The van der Waals surface area contributed by atoms with Gasteiger partial charge in [-0.05, 0) is 37.1 Å². The summed E-state index contributed by atoms with van der Waals surface area (Å²) in [6.07, 6.45) is 0. The average molecular weight is 344 g/mol. The molecule has 0 unspecified atom stereocenters. The Kier molecular flexibility index (Phi) is 4.24. The molecule has 2 aromatic rings. The molecule has 0 amide bonds. The molecule has 1 aliphatic rings. The first-order chi connectivity index (χ1) is 11.4. The summed E-state index contributed by atoms with van der Waals surface area (Å²) < 4.78 is 40.3. The quantitative estimate of drug-likeness (QED) is 0.928. The number of hydrogen-bond donors (Lipinski definition) is 1. The fourth-order valence-electron chi connectivity index (χ4n) is 2.55. The third-order valence-electron chi connectivity index (χ3n) is 3.84. The fourth-order valence-corrected chi connectivity index (χ4v) is 4.07. The Morgan fingerprint density at radius 2 is 1.62 bits per heavy atom. The number of aliphatic imine (C=N–C) groups is 1. The number of nitrogens with zero attached hydrogens (tertiary/aromatic N) is 1. The van der Waals surface area contributed by atoms with Gasteiger partial charge in [0.25, 0.3) is 10.0 Å². The molecule has 0 aromatic heterocycles. The number of sulfonamides is 1. The van der Waals surface area contributed by atoms with Gasteiger partial charge in [-0.15, -0.1) is 0 Å². The van der Waals surface area contributed by atoms with E-state index >= 15 is 0 Å². The second kappa shape index (κ2) is 6.20. The number of halogens is 1. The largest absolute Gasteiger partial charge is 0.264 e. The molecule has 3 rings (SSSR count). The zero-order valence-electron chi connectivity index (χ0n) is 13.4. The average Bonchev–Trinajstić information content (AvgIpc) is 2.77. The zero-order valence-corrected chi connectivity index (χ0v) is 14.2. The van der Waals surface area contributed by atoms with Crippen molar-refractivity contribution in [3.8, 4) is 0 Å². The SMILES string of the molecule is CC1=C(c2ccc(F)cc2)S(=O)(=O)NC1=NCc1ccc(C)cc1. The van der Waals surface area contributed by atoms with E-state index < -0.39 is 15.8 Å². The van der Waals surface area contributed by atoms with Crippen molar-refractivity contribution in [3.05, 3.63) is 76.6 Å². The molecule has 0 fully saturated rings. The van der Waals surface area contributed by atoms with Crippen molar-refractivity contribution < 1.29 is 12.8 Å². The zero-order chi connectivity index (χ0) is 17.3. The highest BCUT2D eigenvalue weighted by Gasteiger charge is 2.32. The maximum atomic E-state index is 13.1. The second-order valence-electron chi connectivity index (χ2n) is 5.72. The highest BCUT2D eigenvalue weighted by atomic mass is 32.2. The number of rotatable bonds is 3. The molecule has 24 heavy (non-hydrogen) atoms. The second-order valence-corrected chi connectivity index (χ2v) is 7.34. The molecule has 1 aliphatic heterocycles. The molecule has 0 spiro atoms. The van der Waals surface area contributed by atoms with E-state index in [2.05, 4.69) is 9.71 Å². The van der Waals surface area contributed by atoms with Crippen LogP contribution in [0, 0.1) is 12.7 Å². The monoisotopic (exact) mass is 344 g/mol. The number of nitrogens with one attached hydrogen (secondary N) is 1. The highest BCUT2D eigenvalue weighted by molar-refractivity contribution is 8.00. The Morgan fingerprint density at radius 1 is 1.00 bits per heavy atom. The molecule has 0 atom stereocenters. The van der Waals surface area contributed by atoms with Crippen LogP contribution in [0.5, 0.6) is 0 Å². The Balaban J connectivity index is 1.94. The molecule has 0 bridgehead atoms. The summed E-state index contributed by atoms with van der Waals surface area (Å²) >= 11 is 0. The van der Waals surface area contributed by atoms with E-state index in [9.17, 15) is 12.8 Å². The van der Waals surface area contributed by atoms with Gasteiger partial charge in [-0.3, -0.25) is 9.71 Å². The first-order valence-corrected chi connectivity index (χ1v) is 8.95. The Labute approximate surface area is 140 Å². The smallest absolute Gasteiger partial charge is 0.263 e. The lowest BCUT2D eigenvalue weighted by Crippen LogP contribution is -2.23. The van der Waals surface area contributed by atoms with Crippen molar-refractivity contribution in [1.29, 1.82) is 0 Å². The third kappa shape index (κ3) is 3.23. The maximum Gasteiger partial charge on any atom is 0.264 e. The molecule has 0 radical (unpaired) electrons. The highest BCUT2D eigenvalue weighted by Crippen LogP contribution is 2.30. The van der Waals surface area contributed by atoms with Crippen molar-refractivity contribution in [1.82, 2.24) is 4.72 Å². The van der Waals surface area contributed by atoms with Crippen LogP contribution in [0.2, 0.25) is 0 Å². The van der Waals surface area contributed by atoms with Gasteiger partial charge in [-0.1, -0.05) is 42.0 Å². The molecule has 0 aliphatic carbocycles. The summed E-state index contributed by atoms with van der Waals surface area (Å²) in [5.74, 6) is -0.0801. The third-order valence-corrected chi connectivity index (χ3v) is 5.38. The predicted molar refractivity (Wildman–Crippen MR) is 93.4 cm³/mol. The molecule has 124 valence electrons. The van der Waals surface area contributed by atoms with Crippen LogP contribution >= 0.6 is 0 Å². The van der Waals surface area contributed by atoms with Crippen LogP contribution in [0.1, 0.15) is 23.6 Å². The van der Waals surface area contributed by atoms with Crippen molar-refractivity contribution in [2.75, 3.05) is 0 Å². The number of amidine groups is 1. The van der Waals surface area contributed by atoms with Crippen molar-refractivity contribution in [2.24, 2.45) is 4.99 Å². The Hall–Kier alpha value is -2.47. The van der Waals surface area contributed by atoms with E-state index in [4.69, 9.17) is 0 Å². The lowest BCUT2D eigenvalue weighted by molar-refractivity contribution is 0.603. The van der Waals surface area contributed by atoms with E-state index in [1.165, 1.54) is 24.3 Å². The molecule has 1 heterocycles. The molecule has 0 saturated heterocycles. The van der Waals surface area contributed by atoms with E-state index in [1.807, 2.05) is 31.2 Å². The molecule has 2 aromatic carbocycles. The van der Waals surface area contributed by atoms with Crippen LogP contribution in [0.4, 0.5) is 4.39 Å². The van der Waals surface area contributed by atoms with E-state index in [0.29, 0.717) is 23.5 Å². The maximum absolute atomic E-state index is 13.1. The summed E-state index contributed by atoms with van der Waals surface area (Å²) in [6.45, 7) is 4.08. The molecule has 0 saturated carbocycles. The standard InChI is InChI=1S/C18H17FN2O2S/c1-12-3-5-14(6-4-12)11-20-18-13(2)17(24(22,23)21-18)15-7-9-16(19)10-8-15/h3-10H,11H2,1-2H3,(H,20,21). The first-order valence-electron chi connectivity index (χ1n) is 7.47. The van der Waals surface area contributed by atoms with Crippen molar-refractivity contribution >= 4 is 20.8 Å². The lowest BCUT2D eigenvalue weighted by Gasteiger charge is -2.02. The van der Waals surface area contributed by atoms with Gasteiger partial charge in [-0.25, -0.2) is 12.8 Å². The van der Waals surface area contributed by atoms with Crippen LogP contribution in [0.3, 0.4) is 0 Å². The Morgan fingerprint density at radius 3 is 2.25 bits per heavy atom. The van der Waals surface area contributed by atoms with Gasteiger partial charge in [0.2, 0.25) is 0 Å². The van der Waals surface area contributed by atoms with Crippen LogP contribution in [0.25, 0.3) is 4.91 Å². The normalized spacial score (nSPS) is 18.0. The summed E-state index contributed by atoms with van der Waals surface area (Å²) in [5, 5.41) is 0. The van der Waals surface area contributed by atoms with Gasteiger partial charge in [0.15, 0.2) is 0 Å². The van der Waals surface area contributed by atoms with Gasteiger partial charge < -0.3 is 0 Å². The number of benzene rings is 2. The predicted octanol–water partition coefficient (Wildman–Crippen LogP) is 3.40. The van der Waals surface area contributed by atoms with Crippen LogP contribution < -0.4 is 4.72 Å². The van der Waals surface area contributed by atoms with Gasteiger partial charge in [0.05, 0.1) is 6.54 Å². The number of hydrogen-bond acceptors (Lipinski definition) is 3. The minimum Gasteiger partial charge on any atom is -0.263 e. The van der Waals surface area contributed by atoms with Gasteiger partial charge in [-0.2, -0.15) is 0 Å². The van der Waals surface area contributed by atoms with E-state index in [1.54, 1.807) is 6.92 Å². The van der Waals surface area contributed by atoms with Gasteiger partial charge >= 0.3 is 0 Å². The summed E-state index contributed by atoms with van der Waals surface area (Å²) in [7, 11) is -3.69. The molecule has 4 nitrogen and oxygen atoms in total. The van der Waals surface area contributed by atoms with E-state index in [-0.39, 0.29) is 4.91 Å². The Bertz CT molecular complexity index is 928. The van der Waals surface area contributed by atoms with E-state index in [0.717, 1.165) is 11.1 Å². The minimum absolute atomic E-state index is 0.144. The van der Waals surface area contributed by atoms with Gasteiger partial charge in [0, 0.05) is 5.57 Å². The van der Waals surface area contributed by atoms with Crippen LogP contribution in [-0.4, -0.2) is 14.3 Å². The van der Waals surface area contributed by atoms with Crippen molar-refractivity contribution in [3.63, 3.8) is 0 Å². The summed E-state index contributed by atoms with van der Waals surface area (Å²) in [4.78, 5) is 4.53. The minimum atomic E-state index is -3.69. The van der Waals surface area contributed by atoms with Gasteiger partial charge in [0.1, 0.15) is 16.6 Å². The molecule has 6 heteroatoms. The molecular formula is C18H17FN2O2S. The topological polar surface area (TPSA) is 58.5 Å². The molecule has 1 N–H and O–H groups in total. The fraction of sp³-hybridized carbons (Fsp3) is 0.167. The summed E-state index contributed by atoms with van der Waals surface area (Å²) in [6, 6.07) is 13.3. The summed E-state index contributed by atoms with van der Waals surface area (Å²) in [5.41, 5.74) is 3.13. The van der Waals surface area contributed by atoms with Crippen LogP contribution in [-0.2, 0) is 16.6 Å². The lowest BCUT2D eigenvalue weighted by atomic mass is 10.1. The van der Waals surface area contributed by atoms with Crippen LogP contribution in [0.15, 0.2) is 59.1 Å². The van der Waals surface area contributed by atoms with Crippen molar-refractivity contribution in [2.45, 2.75) is 20.4 Å².